The molecule has 0 saturated heterocycles. The summed E-state index contributed by atoms with van der Waals surface area (Å²) in [6, 6.07) is 3.58. The number of nitrogens with one attached hydrogen (secondary N) is 1. The molecule has 2 aromatic rings. The van der Waals surface area contributed by atoms with Crippen LogP contribution in [-0.2, 0) is 0 Å². The van der Waals surface area contributed by atoms with E-state index >= 15 is 0 Å². The molecule has 0 aliphatic carbocycles. The maximum atomic E-state index is 11.8. The summed E-state index contributed by atoms with van der Waals surface area (Å²) < 4.78 is 0. The van der Waals surface area contributed by atoms with E-state index in [1.54, 1.807) is 36.1 Å². The first-order chi connectivity index (χ1) is 10.7. The Bertz CT molecular complexity index is 678. The van der Waals surface area contributed by atoms with Crippen LogP contribution in [0, 0.1) is 0 Å². The lowest BCUT2D eigenvalue weighted by molar-refractivity contribution is 0.0949. The van der Waals surface area contributed by atoms with Crippen LogP contribution < -0.4 is 11.1 Å². The molecule has 1 amide bonds. The Morgan fingerprint density at radius 2 is 2.23 bits per heavy atom. The Hall–Kier alpha value is -2.54. The predicted molar refractivity (Wildman–Crippen MR) is 89.3 cm³/mol. The van der Waals surface area contributed by atoms with E-state index in [-0.39, 0.29) is 5.91 Å². The Morgan fingerprint density at radius 3 is 2.91 bits per heavy atom. The summed E-state index contributed by atoms with van der Waals surface area (Å²) >= 11 is 1.36. The van der Waals surface area contributed by atoms with Gasteiger partial charge in [0.2, 0.25) is 0 Å². The largest absolute Gasteiger partial charge is 0.404 e. The van der Waals surface area contributed by atoms with Gasteiger partial charge in [0.05, 0.1) is 5.69 Å². The van der Waals surface area contributed by atoms with Crippen molar-refractivity contribution in [2.45, 2.75) is 13.3 Å². The van der Waals surface area contributed by atoms with Gasteiger partial charge in [-0.3, -0.25) is 14.8 Å². The van der Waals surface area contributed by atoms with Crippen LogP contribution in [0.1, 0.15) is 28.8 Å². The summed E-state index contributed by atoms with van der Waals surface area (Å²) in [7, 11) is 0. The standard InChI is InChI=1S/C15H17N5OS/c1-2-5-18-14(21)13-10-22-15(20-13)11(8-16)9-19-12-3-6-17-7-4-12/h3-4,6-10H,2,5,16H2,1H3,(H,18,21)/b11-8+,19-9?. The molecule has 0 fully saturated rings. The highest BCUT2D eigenvalue weighted by molar-refractivity contribution is 7.11. The Labute approximate surface area is 132 Å². The summed E-state index contributed by atoms with van der Waals surface area (Å²) in [4.78, 5) is 24.4. The molecule has 3 N–H and O–H groups in total. The van der Waals surface area contributed by atoms with Gasteiger partial charge in [0, 0.05) is 42.3 Å². The summed E-state index contributed by atoms with van der Waals surface area (Å²) in [5.41, 5.74) is 7.46. The number of nitrogens with two attached hydrogens (primary N) is 1. The van der Waals surface area contributed by atoms with Gasteiger partial charge in [-0.05, 0) is 18.6 Å². The average Bonchev–Trinajstić information content (AvgIpc) is 3.04. The van der Waals surface area contributed by atoms with Crippen molar-refractivity contribution in [1.82, 2.24) is 15.3 Å². The third-order valence-corrected chi connectivity index (χ3v) is 3.61. The van der Waals surface area contributed by atoms with E-state index in [0.717, 1.165) is 12.1 Å². The average molecular weight is 315 g/mol. The Kier molecular flexibility index (Phi) is 5.79. The minimum absolute atomic E-state index is 0.174. The van der Waals surface area contributed by atoms with E-state index in [1.165, 1.54) is 17.5 Å². The number of nitrogens with zero attached hydrogens (tertiary/aromatic N) is 3. The molecule has 0 bridgehead atoms. The predicted octanol–water partition coefficient (Wildman–Crippen LogP) is 2.38. The summed E-state index contributed by atoms with van der Waals surface area (Å²) in [5.74, 6) is -0.174. The van der Waals surface area contributed by atoms with Gasteiger partial charge in [-0.1, -0.05) is 6.92 Å². The Balaban J connectivity index is 2.11. The highest BCUT2D eigenvalue weighted by atomic mass is 32.1. The SMILES string of the molecule is CCCNC(=O)c1csc(/C(C=Nc2ccncc2)=C/N)n1. The second-order valence-electron chi connectivity index (χ2n) is 4.38. The van der Waals surface area contributed by atoms with Gasteiger partial charge in [-0.15, -0.1) is 11.3 Å². The van der Waals surface area contributed by atoms with E-state index in [1.807, 2.05) is 6.92 Å². The maximum Gasteiger partial charge on any atom is 0.270 e. The van der Waals surface area contributed by atoms with Crippen LogP contribution in [0.2, 0.25) is 0 Å². The zero-order chi connectivity index (χ0) is 15.8. The number of thiazole rings is 1. The van der Waals surface area contributed by atoms with Crippen LogP contribution in [0.25, 0.3) is 5.57 Å². The smallest absolute Gasteiger partial charge is 0.270 e. The van der Waals surface area contributed by atoms with Crippen LogP contribution >= 0.6 is 11.3 Å². The van der Waals surface area contributed by atoms with Crippen LogP contribution in [0.15, 0.2) is 41.1 Å². The van der Waals surface area contributed by atoms with Gasteiger partial charge in [-0.2, -0.15) is 0 Å². The molecule has 7 heteroatoms. The monoisotopic (exact) mass is 315 g/mol. The van der Waals surface area contributed by atoms with E-state index in [2.05, 4.69) is 20.3 Å². The first kappa shape index (κ1) is 15.8. The van der Waals surface area contributed by atoms with Crippen molar-refractivity contribution in [2.75, 3.05) is 6.54 Å². The third-order valence-electron chi connectivity index (χ3n) is 2.71. The molecule has 2 rings (SSSR count). The lowest BCUT2D eigenvalue weighted by atomic mass is 10.3. The minimum atomic E-state index is -0.174. The quantitative estimate of drug-likeness (QED) is 0.800. The zero-order valence-corrected chi connectivity index (χ0v) is 13.0. The second kappa shape index (κ2) is 8.04. The van der Waals surface area contributed by atoms with Gasteiger partial charge in [0.1, 0.15) is 10.7 Å². The van der Waals surface area contributed by atoms with Crippen LogP contribution in [0.3, 0.4) is 0 Å². The number of hydrogen-bond acceptors (Lipinski definition) is 6. The molecule has 0 unspecified atom stereocenters. The number of rotatable bonds is 6. The lowest BCUT2D eigenvalue weighted by Gasteiger charge is -1.99. The number of aliphatic imine (C=N–C) groups is 1. The van der Waals surface area contributed by atoms with Crippen LogP contribution in [0.4, 0.5) is 5.69 Å². The molecular weight excluding hydrogens is 298 g/mol. The molecule has 2 heterocycles. The molecule has 0 aromatic carbocycles. The third kappa shape index (κ3) is 4.23. The molecule has 0 saturated carbocycles. The van der Waals surface area contributed by atoms with Gasteiger partial charge in [-0.25, -0.2) is 4.98 Å². The molecule has 0 atom stereocenters. The fourth-order valence-electron chi connectivity index (χ4n) is 1.58. The fraction of sp³-hybridized carbons (Fsp3) is 0.200. The summed E-state index contributed by atoms with van der Waals surface area (Å²) in [6.07, 6.45) is 7.27. The van der Waals surface area contributed by atoms with E-state index in [9.17, 15) is 4.79 Å². The van der Waals surface area contributed by atoms with Crippen molar-refractivity contribution >= 4 is 34.7 Å². The summed E-state index contributed by atoms with van der Waals surface area (Å²) in [6.45, 7) is 2.63. The highest BCUT2D eigenvalue weighted by Gasteiger charge is 2.11. The van der Waals surface area contributed by atoms with Crippen LogP contribution in [0.5, 0.6) is 0 Å². The maximum absolute atomic E-state index is 11.8. The molecular formula is C15H17N5OS. The molecule has 6 nitrogen and oxygen atoms in total. The van der Waals surface area contributed by atoms with Crippen molar-refractivity contribution in [3.05, 3.63) is 46.8 Å². The van der Waals surface area contributed by atoms with E-state index < -0.39 is 0 Å². The lowest BCUT2D eigenvalue weighted by Crippen LogP contribution is -2.24. The Morgan fingerprint density at radius 1 is 1.45 bits per heavy atom. The van der Waals surface area contributed by atoms with Crippen molar-refractivity contribution in [1.29, 1.82) is 0 Å². The summed E-state index contributed by atoms with van der Waals surface area (Å²) in [5, 5.41) is 5.16. The zero-order valence-electron chi connectivity index (χ0n) is 12.2. The van der Waals surface area contributed by atoms with Gasteiger partial charge in [0.25, 0.3) is 5.91 Å². The number of hydrogen-bond donors (Lipinski definition) is 2. The molecule has 0 aliphatic heterocycles. The van der Waals surface area contributed by atoms with Crippen molar-refractivity contribution < 1.29 is 4.79 Å². The van der Waals surface area contributed by atoms with E-state index in [4.69, 9.17) is 5.73 Å². The number of carbonyl (C=O) groups is 1. The van der Waals surface area contributed by atoms with Crippen molar-refractivity contribution in [2.24, 2.45) is 10.7 Å². The molecule has 114 valence electrons. The molecule has 22 heavy (non-hydrogen) atoms. The van der Waals surface area contributed by atoms with Gasteiger partial charge >= 0.3 is 0 Å². The topological polar surface area (TPSA) is 93.3 Å². The number of pyridine rings is 1. The number of carbonyl (C=O) groups excluding carboxylic acids is 1. The van der Waals surface area contributed by atoms with Crippen LogP contribution in [-0.4, -0.2) is 28.6 Å². The number of aromatic nitrogens is 2. The minimum Gasteiger partial charge on any atom is -0.404 e. The second-order valence-corrected chi connectivity index (χ2v) is 5.24. The van der Waals surface area contributed by atoms with E-state index in [0.29, 0.717) is 22.8 Å². The molecule has 0 aliphatic rings. The van der Waals surface area contributed by atoms with Gasteiger partial charge in [0.15, 0.2) is 0 Å². The highest BCUT2D eigenvalue weighted by Crippen LogP contribution is 2.19. The normalized spacial score (nSPS) is 11.8. The van der Waals surface area contributed by atoms with Crippen molar-refractivity contribution in [3.8, 4) is 0 Å². The first-order valence-corrected chi connectivity index (χ1v) is 7.72. The first-order valence-electron chi connectivity index (χ1n) is 6.84. The fourth-order valence-corrected chi connectivity index (χ4v) is 2.37. The molecule has 2 aromatic heterocycles. The number of amides is 1. The molecule has 0 spiro atoms. The van der Waals surface area contributed by atoms with Crippen molar-refractivity contribution in [3.63, 3.8) is 0 Å². The van der Waals surface area contributed by atoms with Gasteiger partial charge < -0.3 is 11.1 Å². The number of allylic oxidation sites excluding steroid dienone is 1. The molecule has 0 radical (unpaired) electrons.